The summed E-state index contributed by atoms with van der Waals surface area (Å²) in [5.74, 6) is -0.504. The summed E-state index contributed by atoms with van der Waals surface area (Å²) >= 11 is 0. The van der Waals surface area contributed by atoms with Gasteiger partial charge in [-0.1, -0.05) is 6.92 Å². The molecule has 1 aliphatic rings. The normalized spacial score (nSPS) is 14.3. The Morgan fingerprint density at radius 3 is 2.26 bits per heavy atom. The lowest BCUT2D eigenvalue weighted by atomic mass is 10.2. The first-order valence-electron chi connectivity index (χ1n) is 10.8. The summed E-state index contributed by atoms with van der Waals surface area (Å²) in [6, 6.07) is 11.1. The zero-order chi connectivity index (χ0) is 22.6. The molecule has 8 heteroatoms. The molecule has 2 heterocycles. The van der Waals surface area contributed by atoms with Gasteiger partial charge in [0.2, 0.25) is 15.9 Å². The van der Waals surface area contributed by atoms with Gasteiger partial charge in [0.15, 0.2) is 0 Å². The van der Waals surface area contributed by atoms with Crippen molar-refractivity contribution in [2.45, 2.75) is 46.5 Å². The van der Waals surface area contributed by atoms with Gasteiger partial charge >= 0.3 is 0 Å². The third-order valence-electron chi connectivity index (χ3n) is 5.63. The third kappa shape index (κ3) is 5.18. The van der Waals surface area contributed by atoms with Crippen LogP contribution in [0.5, 0.6) is 0 Å². The number of hydrogen-bond acceptors (Lipinski definition) is 4. The van der Waals surface area contributed by atoms with Crippen LogP contribution in [0.3, 0.4) is 0 Å². The molecule has 1 fully saturated rings. The van der Waals surface area contributed by atoms with Crippen molar-refractivity contribution in [1.29, 1.82) is 0 Å². The van der Waals surface area contributed by atoms with Crippen LogP contribution in [0.4, 0.5) is 0 Å². The number of likely N-dealkylation sites (tertiary alicyclic amines) is 1. The molecular weight excluding hydrogens is 414 g/mol. The van der Waals surface area contributed by atoms with Crippen LogP contribution < -0.4 is 0 Å². The van der Waals surface area contributed by atoms with E-state index < -0.39 is 15.9 Å². The van der Waals surface area contributed by atoms with Crippen LogP contribution >= 0.6 is 0 Å². The van der Waals surface area contributed by atoms with Crippen LogP contribution in [-0.2, 0) is 14.8 Å². The predicted molar refractivity (Wildman–Crippen MR) is 121 cm³/mol. The maximum Gasteiger partial charge on any atom is 0.267 e. The number of rotatable bonds is 9. The lowest BCUT2D eigenvalue weighted by molar-refractivity contribution is -0.127. The number of aryl methyl sites for hydroxylation is 2. The van der Waals surface area contributed by atoms with E-state index in [1.807, 2.05) is 38.1 Å². The Morgan fingerprint density at radius 1 is 1.06 bits per heavy atom. The van der Waals surface area contributed by atoms with Crippen LogP contribution in [0.25, 0.3) is 5.69 Å². The summed E-state index contributed by atoms with van der Waals surface area (Å²) in [6.07, 6.45) is 2.24. The van der Waals surface area contributed by atoms with Crippen molar-refractivity contribution in [1.82, 2.24) is 13.8 Å². The minimum Gasteiger partial charge on any atom is -0.343 e. The van der Waals surface area contributed by atoms with Gasteiger partial charge in [-0.25, -0.2) is 12.7 Å². The molecule has 3 rings (SSSR count). The number of benzene rings is 1. The highest BCUT2D eigenvalue weighted by atomic mass is 32.2. The third-order valence-corrected chi connectivity index (χ3v) is 7.57. The van der Waals surface area contributed by atoms with Crippen LogP contribution in [0.1, 0.15) is 54.4 Å². The second-order valence-corrected chi connectivity index (χ2v) is 10.0. The summed E-state index contributed by atoms with van der Waals surface area (Å²) in [5, 5.41) is 0. The summed E-state index contributed by atoms with van der Waals surface area (Å²) in [6.45, 7) is 7.04. The minimum absolute atomic E-state index is 0.0719. The molecule has 0 atom stereocenters. The van der Waals surface area contributed by atoms with E-state index in [9.17, 15) is 18.0 Å². The van der Waals surface area contributed by atoms with Crippen molar-refractivity contribution in [3.63, 3.8) is 0 Å². The van der Waals surface area contributed by atoms with E-state index in [4.69, 9.17) is 0 Å². The van der Waals surface area contributed by atoms with Crippen LogP contribution in [0, 0.1) is 13.8 Å². The number of hydrogen-bond donors (Lipinski definition) is 0. The molecule has 0 spiro atoms. The quantitative estimate of drug-likeness (QED) is 0.593. The predicted octanol–water partition coefficient (Wildman–Crippen LogP) is 3.29. The molecule has 2 amide bonds. The van der Waals surface area contributed by atoms with E-state index in [0.29, 0.717) is 37.9 Å². The molecule has 1 saturated heterocycles. The van der Waals surface area contributed by atoms with Crippen molar-refractivity contribution >= 4 is 21.8 Å². The maximum atomic E-state index is 13.1. The highest BCUT2D eigenvalue weighted by Gasteiger charge is 2.28. The number of aromatic nitrogens is 1. The van der Waals surface area contributed by atoms with E-state index in [1.165, 1.54) is 0 Å². The lowest BCUT2D eigenvalue weighted by Gasteiger charge is -2.24. The highest BCUT2D eigenvalue weighted by Crippen LogP contribution is 2.19. The molecule has 0 unspecified atom stereocenters. The Labute approximate surface area is 184 Å². The van der Waals surface area contributed by atoms with Gasteiger partial charge in [-0.05, 0) is 69.5 Å². The van der Waals surface area contributed by atoms with Crippen LogP contribution in [0.2, 0.25) is 0 Å². The van der Waals surface area contributed by atoms with Crippen molar-refractivity contribution in [2.75, 3.05) is 25.4 Å². The molecule has 0 radical (unpaired) electrons. The fraction of sp³-hybridized carbons (Fsp3) is 0.478. The molecule has 31 heavy (non-hydrogen) atoms. The van der Waals surface area contributed by atoms with Crippen LogP contribution in [-0.4, -0.2) is 59.4 Å². The van der Waals surface area contributed by atoms with Crippen molar-refractivity contribution in [2.24, 2.45) is 0 Å². The van der Waals surface area contributed by atoms with Gasteiger partial charge in [0, 0.05) is 48.7 Å². The summed E-state index contributed by atoms with van der Waals surface area (Å²) in [5.41, 5.74) is 3.43. The molecule has 0 bridgehead atoms. The number of sulfonamides is 1. The van der Waals surface area contributed by atoms with Crippen molar-refractivity contribution < 1.29 is 18.0 Å². The molecule has 2 aromatic rings. The van der Waals surface area contributed by atoms with E-state index in [-0.39, 0.29) is 18.2 Å². The van der Waals surface area contributed by atoms with Crippen molar-refractivity contribution in [3.05, 3.63) is 53.3 Å². The Hall–Kier alpha value is -2.61. The van der Waals surface area contributed by atoms with Gasteiger partial charge in [0.25, 0.3) is 5.91 Å². The van der Waals surface area contributed by atoms with E-state index >= 15 is 0 Å². The van der Waals surface area contributed by atoms with Crippen molar-refractivity contribution in [3.8, 4) is 5.69 Å². The zero-order valence-corrected chi connectivity index (χ0v) is 19.3. The summed E-state index contributed by atoms with van der Waals surface area (Å²) in [4.78, 5) is 26.7. The second-order valence-electron chi connectivity index (χ2n) is 8.03. The molecule has 7 nitrogen and oxygen atoms in total. The molecule has 1 aliphatic heterocycles. The Kier molecular flexibility index (Phi) is 7.20. The topological polar surface area (TPSA) is 79.7 Å². The smallest absolute Gasteiger partial charge is 0.267 e. The Balaban J connectivity index is 1.78. The Morgan fingerprint density at radius 2 is 1.71 bits per heavy atom. The molecular formula is C23H31N3O4S. The minimum atomic E-state index is -3.72. The van der Waals surface area contributed by atoms with Gasteiger partial charge in [0.1, 0.15) is 0 Å². The van der Waals surface area contributed by atoms with Gasteiger partial charge < -0.3 is 9.47 Å². The molecule has 0 aliphatic carbocycles. The fourth-order valence-electron chi connectivity index (χ4n) is 4.05. The average Bonchev–Trinajstić information content (AvgIpc) is 3.29. The second kappa shape index (κ2) is 9.68. The first-order chi connectivity index (χ1) is 14.7. The molecule has 0 saturated carbocycles. The van der Waals surface area contributed by atoms with E-state index in [1.54, 1.807) is 24.0 Å². The first kappa shape index (κ1) is 23.1. The Bertz CT molecular complexity index is 1020. The summed E-state index contributed by atoms with van der Waals surface area (Å²) < 4.78 is 28.7. The van der Waals surface area contributed by atoms with Gasteiger partial charge in [-0.3, -0.25) is 9.59 Å². The molecule has 168 valence electrons. The van der Waals surface area contributed by atoms with Gasteiger partial charge in [-0.2, -0.15) is 0 Å². The molecule has 0 N–H and O–H groups in total. The lowest BCUT2D eigenvalue weighted by Crippen LogP contribution is -2.40. The number of carbonyl (C=O) groups excluding carboxylic acids is 2. The molecule has 1 aromatic heterocycles. The average molecular weight is 446 g/mol. The number of amides is 2. The van der Waals surface area contributed by atoms with E-state index in [2.05, 4.69) is 4.57 Å². The maximum absolute atomic E-state index is 13.1. The molecule has 1 aromatic carbocycles. The SMILES string of the molecule is CCCS(=O)(=O)N(CCCN1CCCC1=O)C(=O)c1ccc(-n2c(C)ccc2C)cc1. The highest BCUT2D eigenvalue weighted by molar-refractivity contribution is 7.89. The van der Waals surface area contributed by atoms with Gasteiger partial charge in [-0.15, -0.1) is 0 Å². The monoisotopic (exact) mass is 445 g/mol. The fourth-order valence-corrected chi connectivity index (χ4v) is 5.56. The largest absolute Gasteiger partial charge is 0.343 e. The zero-order valence-electron chi connectivity index (χ0n) is 18.5. The first-order valence-corrected chi connectivity index (χ1v) is 12.4. The van der Waals surface area contributed by atoms with E-state index in [0.717, 1.165) is 27.8 Å². The summed E-state index contributed by atoms with van der Waals surface area (Å²) in [7, 11) is -3.72. The number of nitrogens with zero attached hydrogens (tertiary/aromatic N) is 3. The standard InChI is InChI=1S/C23H31N3O4S/c1-4-17-31(29,30)25(16-6-15-24-14-5-7-22(24)27)23(28)20-10-12-21(13-11-20)26-18(2)8-9-19(26)3/h8-13H,4-7,14-17H2,1-3H3. The van der Waals surface area contributed by atoms with Gasteiger partial charge in [0.05, 0.1) is 5.75 Å². The van der Waals surface area contributed by atoms with Crippen LogP contribution in [0.15, 0.2) is 36.4 Å². The number of carbonyl (C=O) groups is 2.